The maximum Gasteiger partial charge on any atom is 0.279 e. The highest BCUT2D eigenvalue weighted by Gasteiger charge is 2.19. The van der Waals surface area contributed by atoms with Gasteiger partial charge in [-0.25, -0.2) is 0 Å². The summed E-state index contributed by atoms with van der Waals surface area (Å²) >= 11 is 6.14. The van der Waals surface area contributed by atoms with Gasteiger partial charge in [-0.2, -0.15) is 0 Å². The first kappa shape index (κ1) is 22.2. The van der Waals surface area contributed by atoms with Crippen LogP contribution in [-0.4, -0.2) is 37.3 Å². The molecular weight excluding hydrogens is 512 g/mol. The van der Waals surface area contributed by atoms with E-state index in [1.807, 2.05) is 41.8 Å². The molecule has 0 fully saturated rings. The zero-order valence-electron chi connectivity index (χ0n) is 16.8. The summed E-state index contributed by atoms with van der Waals surface area (Å²) in [7, 11) is 0. The highest BCUT2D eigenvalue weighted by Crippen LogP contribution is 2.31. The Balaban J connectivity index is 1.54. The normalized spacial score (nSPS) is 10.7. The van der Waals surface area contributed by atoms with Crippen molar-refractivity contribution in [2.45, 2.75) is 12.1 Å². The number of hydrogen-bond acceptors (Lipinski definition) is 7. The molecule has 0 saturated heterocycles. The van der Waals surface area contributed by atoms with Gasteiger partial charge in [0.15, 0.2) is 11.0 Å². The molecule has 0 aliphatic heterocycles. The molecule has 0 unspecified atom stereocenters. The molecule has 0 bridgehead atoms. The molecule has 0 saturated carbocycles. The number of aryl methyl sites for hydroxylation is 1. The van der Waals surface area contributed by atoms with E-state index in [4.69, 9.17) is 0 Å². The van der Waals surface area contributed by atoms with Gasteiger partial charge in [0.1, 0.15) is 0 Å². The number of rotatable bonds is 6. The number of hydrogen-bond donors (Lipinski definition) is 2. The maximum absolute atomic E-state index is 12.3. The van der Waals surface area contributed by atoms with E-state index in [1.54, 1.807) is 29.9 Å². The highest BCUT2D eigenvalue weighted by molar-refractivity contribution is 9.10. The Labute approximate surface area is 200 Å². The molecule has 4 aromatic rings. The minimum atomic E-state index is -0.358. The number of thiophene rings is 1. The number of aromatic nitrogens is 4. The van der Waals surface area contributed by atoms with Gasteiger partial charge in [-0.15, -0.1) is 21.5 Å². The summed E-state index contributed by atoms with van der Waals surface area (Å²) < 4.78 is 2.77. The van der Waals surface area contributed by atoms with Gasteiger partial charge in [0.25, 0.3) is 5.91 Å². The summed E-state index contributed by atoms with van der Waals surface area (Å²) in [5, 5.41) is 11.0. The van der Waals surface area contributed by atoms with Crippen LogP contribution in [0.4, 0.5) is 0 Å². The van der Waals surface area contributed by atoms with E-state index in [-0.39, 0.29) is 17.6 Å². The number of nitrogens with zero attached hydrogens (tertiary/aromatic N) is 4. The van der Waals surface area contributed by atoms with Crippen molar-refractivity contribution < 1.29 is 9.59 Å². The van der Waals surface area contributed by atoms with Crippen molar-refractivity contribution in [2.75, 3.05) is 5.75 Å². The number of carbonyl (C=O) groups excluding carboxylic acids is 2. The minimum Gasteiger partial charge on any atom is -0.272 e. The zero-order chi connectivity index (χ0) is 22.5. The van der Waals surface area contributed by atoms with Crippen molar-refractivity contribution in [3.8, 4) is 17.1 Å². The molecule has 1 aromatic carbocycles. The van der Waals surface area contributed by atoms with E-state index in [9.17, 15) is 9.59 Å². The molecule has 0 atom stereocenters. The first-order valence-corrected chi connectivity index (χ1v) is 12.1. The van der Waals surface area contributed by atoms with Crippen LogP contribution >= 0.6 is 39.0 Å². The van der Waals surface area contributed by atoms with Gasteiger partial charge in [-0.3, -0.25) is 30.0 Å². The molecule has 0 aliphatic carbocycles. The lowest BCUT2D eigenvalue weighted by molar-refractivity contribution is -0.119. The summed E-state index contributed by atoms with van der Waals surface area (Å²) in [6.45, 7) is 2.01. The Morgan fingerprint density at radius 1 is 1.12 bits per heavy atom. The van der Waals surface area contributed by atoms with Gasteiger partial charge in [-0.05, 0) is 64.1 Å². The van der Waals surface area contributed by atoms with Crippen LogP contribution in [0.3, 0.4) is 0 Å². The van der Waals surface area contributed by atoms with Crippen LogP contribution in [-0.2, 0) is 4.79 Å². The largest absolute Gasteiger partial charge is 0.279 e. The van der Waals surface area contributed by atoms with Crippen LogP contribution in [0.5, 0.6) is 0 Å². The monoisotopic (exact) mass is 528 g/mol. The lowest BCUT2D eigenvalue weighted by atomic mass is 10.2. The number of halogens is 1. The Morgan fingerprint density at radius 2 is 1.94 bits per heavy atom. The van der Waals surface area contributed by atoms with E-state index in [2.05, 4.69) is 42.0 Å². The van der Waals surface area contributed by atoms with Crippen LogP contribution in [0.25, 0.3) is 17.1 Å². The third kappa shape index (κ3) is 5.06. The van der Waals surface area contributed by atoms with Crippen LogP contribution in [0, 0.1) is 6.92 Å². The average molecular weight is 529 g/mol. The van der Waals surface area contributed by atoms with E-state index < -0.39 is 0 Å². The molecular formula is C21H17BrN6O2S2. The van der Waals surface area contributed by atoms with E-state index >= 15 is 0 Å². The van der Waals surface area contributed by atoms with Gasteiger partial charge in [0.2, 0.25) is 5.91 Å². The lowest BCUT2D eigenvalue weighted by Gasteiger charge is -2.13. The summed E-state index contributed by atoms with van der Waals surface area (Å²) in [5.41, 5.74) is 7.65. The fourth-order valence-corrected chi connectivity index (χ4v) is 4.86. The second-order valence-corrected chi connectivity index (χ2v) is 9.35. The molecule has 162 valence electrons. The Morgan fingerprint density at radius 3 is 2.66 bits per heavy atom. The Bertz CT molecular complexity index is 1240. The SMILES string of the molecule is Cc1ccc(-n2c(SCC(=O)NNC(=O)c3cccs3)nnc2-c2ccncc2)c(Br)c1. The smallest absolute Gasteiger partial charge is 0.272 e. The molecule has 32 heavy (non-hydrogen) atoms. The van der Waals surface area contributed by atoms with Crippen LogP contribution in [0.15, 0.2) is 69.9 Å². The van der Waals surface area contributed by atoms with Crippen LogP contribution in [0.2, 0.25) is 0 Å². The molecule has 8 nitrogen and oxygen atoms in total. The van der Waals surface area contributed by atoms with E-state index in [1.165, 1.54) is 23.1 Å². The lowest BCUT2D eigenvalue weighted by Crippen LogP contribution is -2.42. The van der Waals surface area contributed by atoms with Crippen molar-refractivity contribution in [1.82, 2.24) is 30.6 Å². The molecule has 3 heterocycles. The van der Waals surface area contributed by atoms with Crippen molar-refractivity contribution in [2.24, 2.45) is 0 Å². The quantitative estimate of drug-likeness (QED) is 0.289. The topological polar surface area (TPSA) is 102 Å². The van der Waals surface area contributed by atoms with Crippen molar-refractivity contribution >= 4 is 50.8 Å². The molecule has 2 amide bonds. The average Bonchev–Trinajstić information content (AvgIpc) is 3.47. The van der Waals surface area contributed by atoms with Crippen LogP contribution in [0.1, 0.15) is 15.2 Å². The first-order chi connectivity index (χ1) is 15.5. The second kappa shape index (κ2) is 10.1. The summed E-state index contributed by atoms with van der Waals surface area (Å²) in [6, 6.07) is 13.1. The number of benzene rings is 1. The third-order valence-electron chi connectivity index (χ3n) is 4.31. The number of pyridine rings is 1. The van der Waals surface area contributed by atoms with Crippen LogP contribution < -0.4 is 10.9 Å². The number of hydrazine groups is 1. The summed E-state index contributed by atoms with van der Waals surface area (Å²) in [5.74, 6) is -0.0401. The molecule has 0 radical (unpaired) electrons. The Kier molecular flexibility index (Phi) is 6.98. The maximum atomic E-state index is 12.3. The van der Waals surface area contributed by atoms with Gasteiger partial charge >= 0.3 is 0 Å². The second-order valence-electron chi connectivity index (χ2n) is 6.60. The Hall–Kier alpha value is -3.02. The molecule has 4 rings (SSSR count). The number of amides is 2. The van der Waals surface area contributed by atoms with Gasteiger partial charge in [-0.1, -0.05) is 23.9 Å². The fourth-order valence-electron chi connectivity index (χ4n) is 2.82. The van der Waals surface area contributed by atoms with Gasteiger partial charge < -0.3 is 0 Å². The highest BCUT2D eigenvalue weighted by atomic mass is 79.9. The van der Waals surface area contributed by atoms with Crippen molar-refractivity contribution in [1.29, 1.82) is 0 Å². The van der Waals surface area contributed by atoms with E-state index in [0.29, 0.717) is 15.9 Å². The summed E-state index contributed by atoms with van der Waals surface area (Å²) in [6.07, 6.45) is 3.38. The van der Waals surface area contributed by atoms with Gasteiger partial charge in [0, 0.05) is 22.4 Å². The molecule has 2 N–H and O–H groups in total. The number of carbonyl (C=O) groups is 2. The summed E-state index contributed by atoms with van der Waals surface area (Å²) in [4.78, 5) is 28.9. The molecule has 11 heteroatoms. The predicted octanol–water partition coefficient (Wildman–Crippen LogP) is 4.02. The molecule has 3 aromatic heterocycles. The zero-order valence-corrected chi connectivity index (χ0v) is 20.0. The first-order valence-electron chi connectivity index (χ1n) is 9.41. The fraction of sp³-hybridized carbons (Fsp3) is 0.0952. The third-order valence-corrected chi connectivity index (χ3v) is 6.74. The van der Waals surface area contributed by atoms with Gasteiger partial charge in [0.05, 0.1) is 16.3 Å². The molecule has 0 aliphatic rings. The van der Waals surface area contributed by atoms with E-state index in [0.717, 1.165) is 21.3 Å². The number of nitrogens with one attached hydrogen (secondary N) is 2. The predicted molar refractivity (Wildman–Crippen MR) is 128 cm³/mol. The number of thioether (sulfide) groups is 1. The van der Waals surface area contributed by atoms with Crippen molar-refractivity contribution in [3.05, 3.63) is 75.2 Å². The standard InChI is InChI=1S/C21H17BrN6O2S2/c1-13-4-5-16(15(22)11-13)28-19(14-6-8-23-9-7-14)25-27-21(28)32-12-18(29)24-26-20(30)17-3-2-10-31-17/h2-11H,12H2,1H3,(H,24,29)(H,26,30). The minimum absolute atomic E-state index is 0.0443. The molecule has 0 spiro atoms. The van der Waals surface area contributed by atoms with Crippen molar-refractivity contribution in [3.63, 3.8) is 0 Å².